The van der Waals surface area contributed by atoms with E-state index >= 15 is 0 Å². The summed E-state index contributed by atoms with van der Waals surface area (Å²) in [5, 5.41) is 0. The van der Waals surface area contributed by atoms with Gasteiger partial charge in [-0.3, -0.25) is 4.98 Å². The first-order valence-electron chi connectivity index (χ1n) is 7.00. The number of hydrogen-bond donors (Lipinski definition) is 1. The highest BCUT2D eigenvalue weighted by Crippen LogP contribution is 2.24. The molecular formula is C16H21N3O. The maximum absolute atomic E-state index is 5.91. The van der Waals surface area contributed by atoms with Crippen LogP contribution in [0.4, 0.5) is 0 Å². The van der Waals surface area contributed by atoms with E-state index < -0.39 is 0 Å². The third kappa shape index (κ3) is 3.33. The quantitative estimate of drug-likeness (QED) is 0.907. The maximum atomic E-state index is 5.91. The molecule has 0 unspecified atom stereocenters. The molecule has 2 N–H and O–H groups in total. The minimum absolute atomic E-state index is 0.485. The molecule has 0 aliphatic carbocycles. The van der Waals surface area contributed by atoms with Crippen molar-refractivity contribution >= 4 is 0 Å². The molecular weight excluding hydrogens is 250 g/mol. The zero-order chi connectivity index (χ0) is 14.5. The van der Waals surface area contributed by atoms with Gasteiger partial charge in [0.25, 0.3) is 0 Å². The number of pyridine rings is 2. The van der Waals surface area contributed by atoms with Gasteiger partial charge in [0.05, 0.1) is 5.69 Å². The van der Waals surface area contributed by atoms with Gasteiger partial charge >= 0.3 is 0 Å². The van der Waals surface area contributed by atoms with Gasteiger partial charge in [0.1, 0.15) is 0 Å². The molecule has 0 radical (unpaired) electrons. The number of rotatable bonds is 5. The fourth-order valence-corrected chi connectivity index (χ4v) is 2.03. The minimum atomic E-state index is 0.485. The van der Waals surface area contributed by atoms with Gasteiger partial charge in [-0.25, -0.2) is 4.98 Å². The molecule has 2 aromatic rings. The van der Waals surface area contributed by atoms with Gasteiger partial charge in [0.15, 0.2) is 5.75 Å². The third-order valence-corrected chi connectivity index (χ3v) is 3.13. The second kappa shape index (κ2) is 6.48. The van der Waals surface area contributed by atoms with E-state index in [9.17, 15) is 0 Å². The average molecular weight is 271 g/mol. The van der Waals surface area contributed by atoms with Crippen molar-refractivity contribution in [3.63, 3.8) is 0 Å². The van der Waals surface area contributed by atoms with Gasteiger partial charge < -0.3 is 10.5 Å². The lowest BCUT2D eigenvalue weighted by Crippen LogP contribution is -2.02. The summed E-state index contributed by atoms with van der Waals surface area (Å²) in [7, 11) is 0. The van der Waals surface area contributed by atoms with Crippen LogP contribution in [0.1, 0.15) is 36.5 Å². The van der Waals surface area contributed by atoms with E-state index in [1.165, 1.54) is 0 Å². The number of aromatic nitrogens is 2. The van der Waals surface area contributed by atoms with Crippen LogP contribution in [0.15, 0.2) is 24.3 Å². The first kappa shape index (κ1) is 14.5. The number of ether oxygens (including phenoxy) is 1. The van der Waals surface area contributed by atoms with E-state index in [1.54, 1.807) is 0 Å². The first-order valence-corrected chi connectivity index (χ1v) is 7.00. The van der Waals surface area contributed by atoms with Crippen LogP contribution in [0.25, 0.3) is 0 Å². The van der Waals surface area contributed by atoms with E-state index in [4.69, 9.17) is 10.5 Å². The second-order valence-corrected chi connectivity index (χ2v) is 4.72. The third-order valence-electron chi connectivity index (χ3n) is 3.13. The second-order valence-electron chi connectivity index (χ2n) is 4.72. The molecule has 20 heavy (non-hydrogen) atoms. The van der Waals surface area contributed by atoms with Crippen LogP contribution in [0, 0.1) is 6.92 Å². The summed E-state index contributed by atoms with van der Waals surface area (Å²) >= 11 is 0. The Morgan fingerprint density at radius 1 is 1.10 bits per heavy atom. The molecule has 0 aliphatic rings. The Hall–Kier alpha value is -1.94. The van der Waals surface area contributed by atoms with Crippen molar-refractivity contribution in [1.82, 2.24) is 9.97 Å². The van der Waals surface area contributed by atoms with E-state index in [2.05, 4.69) is 23.8 Å². The van der Waals surface area contributed by atoms with Crippen LogP contribution < -0.4 is 10.5 Å². The molecule has 0 saturated carbocycles. The summed E-state index contributed by atoms with van der Waals surface area (Å²) in [6.45, 7) is 6.59. The number of aryl methyl sites for hydroxylation is 3. The summed E-state index contributed by atoms with van der Waals surface area (Å²) in [6.07, 6.45) is 1.69. The first-order chi connectivity index (χ1) is 9.66. The molecule has 0 fully saturated rings. The number of hydrogen-bond acceptors (Lipinski definition) is 4. The van der Waals surface area contributed by atoms with Crippen LogP contribution in [0.5, 0.6) is 11.6 Å². The lowest BCUT2D eigenvalue weighted by atomic mass is 10.2. The van der Waals surface area contributed by atoms with E-state index in [0.29, 0.717) is 12.4 Å². The maximum Gasteiger partial charge on any atom is 0.219 e. The van der Waals surface area contributed by atoms with Gasteiger partial charge in [0.2, 0.25) is 5.88 Å². The van der Waals surface area contributed by atoms with Crippen molar-refractivity contribution in [3.8, 4) is 11.6 Å². The summed E-state index contributed by atoms with van der Waals surface area (Å²) in [4.78, 5) is 8.98. The van der Waals surface area contributed by atoms with Crippen molar-refractivity contribution in [2.24, 2.45) is 5.73 Å². The Labute approximate surface area is 120 Å². The van der Waals surface area contributed by atoms with Crippen molar-refractivity contribution in [1.29, 1.82) is 0 Å². The van der Waals surface area contributed by atoms with Gasteiger partial charge in [-0.05, 0) is 43.5 Å². The summed E-state index contributed by atoms with van der Waals surface area (Å²) < 4.78 is 5.91. The van der Waals surface area contributed by atoms with E-state index in [0.717, 1.165) is 41.2 Å². The Balaban J connectivity index is 2.34. The van der Waals surface area contributed by atoms with Crippen molar-refractivity contribution in [2.45, 2.75) is 40.2 Å². The van der Waals surface area contributed by atoms with E-state index in [-0.39, 0.29) is 0 Å². The van der Waals surface area contributed by atoms with Crippen molar-refractivity contribution in [2.75, 3.05) is 0 Å². The Kier molecular flexibility index (Phi) is 4.69. The Morgan fingerprint density at radius 3 is 2.55 bits per heavy atom. The monoisotopic (exact) mass is 271 g/mol. The minimum Gasteiger partial charge on any atom is -0.437 e. The summed E-state index contributed by atoms with van der Waals surface area (Å²) in [5.74, 6) is 1.35. The van der Waals surface area contributed by atoms with Gasteiger partial charge in [-0.1, -0.05) is 13.8 Å². The molecule has 0 aliphatic heterocycles. The highest BCUT2D eigenvalue weighted by atomic mass is 16.5. The topological polar surface area (TPSA) is 61.0 Å². The molecule has 0 aromatic carbocycles. The molecule has 2 heterocycles. The van der Waals surface area contributed by atoms with E-state index in [1.807, 2.05) is 31.2 Å². The Bertz CT molecular complexity index is 574. The van der Waals surface area contributed by atoms with Crippen LogP contribution >= 0.6 is 0 Å². The molecule has 106 valence electrons. The molecule has 4 nitrogen and oxygen atoms in total. The SMILES string of the molecule is CCc1cc(CN)cc(Oc2ccc(C)nc2CC)n1. The number of nitrogens with zero attached hydrogens (tertiary/aromatic N) is 2. The molecule has 2 rings (SSSR count). The molecule has 0 saturated heterocycles. The van der Waals surface area contributed by atoms with Crippen molar-refractivity contribution in [3.05, 3.63) is 46.9 Å². The largest absolute Gasteiger partial charge is 0.437 e. The predicted octanol–water partition coefficient (Wildman–Crippen LogP) is 3.16. The van der Waals surface area contributed by atoms with Crippen LogP contribution in [0.2, 0.25) is 0 Å². The molecule has 0 spiro atoms. The zero-order valence-corrected chi connectivity index (χ0v) is 12.3. The lowest BCUT2D eigenvalue weighted by molar-refractivity contribution is 0.451. The predicted molar refractivity (Wildman–Crippen MR) is 79.9 cm³/mol. The normalized spacial score (nSPS) is 10.6. The standard InChI is InChI=1S/C16H21N3O/c1-4-13-8-12(10-17)9-16(19-13)20-15-7-6-11(3)18-14(15)5-2/h6-9H,4-5,10,17H2,1-3H3. The fraction of sp³-hybridized carbons (Fsp3) is 0.375. The summed E-state index contributed by atoms with van der Waals surface area (Å²) in [5.41, 5.74) is 9.68. The van der Waals surface area contributed by atoms with Crippen LogP contribution in [-0.4, -0.2) is 9.97 Å². The average Bonchev–Trinajstić information content (AvgIpc) is 2.48. The number of nitrogens with two attached hydrogens (primary N) is 1. The molecule has 4 heteroatoms. The fourth-order valence-electron chi connectivity index (χ4n) is 2.03. The summed E-state index contributed by atoms with van der Waals surface area (Å²) in [6, 6.07) is 7.80. The van der Waals surface area contributed by atoms with Crippen LogP contribution in [0.3, 0.4) is 0 Å². The lowest BCUT2D eigenvalue weighted by Gasteiger charge is -2.11. The highest BCUT2D eigenvalue weighted by Gasteiger charge is 2.08. The van der Waals surface area contributed by atoms with Gasteiger partial charge in [-0.15, -0.1) is 0 Å². The van der Waals surface area contributed by atoms with Gasteiger partial charge in [-0.2, -0.15) is 0 Å². The Morgan fingerprint density at radius 2 is 1.90 bits per heavy atom. The molecule has 0 amide bonds. The van der Waals surface area contributed by atoms with Crippen LogP contribution in [-0.2, 0) is 19.4 Å². The molecule has 0 atom stereocenters. The van der Waals surface area contributed by atoms with Crippen molar-refractivity contribution < 1.29 is 4.74 Å². The molecule has 0 bridgehead atoms. The smallest absolute Gasteiger partial charge is 0.219 e. The zero-order valence-electron chi connectivity index (χ0n) is 12.3. The van der Waals surface area contributed by atoms with Gasteiger partial charge in [0, 0.05) is 24.0 Å². The molecule has 2 aromatic heterocycles. The highest BCUT2D eigenvalue weighted by molar-refractivity contribution is 5.34.